The van der Waals surface area contributed by atoms with E-state index in [0.717, 1.165) is 17.8 Å². The SMILES string of the molecule is Cc1ncsc1C(C)NCc1cccc(CO)c1. The molecule has 2 N–H and O–H groups in total. The van der Waals surface area contributed by atoms with Crippen LogP contribution in [0.1, 0.15) is 34.7 Å². The summed E-state index contributed by atoms with van der Waals surface area (Å²) in [4.78, 5) is 5.55. The van der Waals surface area contributed by atoms with Crippen molar-refractivity contribution in [1.29, 1.82) is 0 Å². The van der Waals surface area contributed by atoms with Gasteiger partial charge in [0.2, 0.25) is 0 Å². The minimum Gasteiger partial charge on any atom is -0.392 e. The number of rotatable bonds is 5. The minimum atomic E-state index is 0.0946. The highest BCUT2D eigenvalue weighted by molar-refractivity contribution is 7.09. The molecule has 0 saturated heterocycles. The van der Waals surface area contributed by atoms with Gasteiger partial charge in [-0.15, -0.1) is 11.3 Å². The number of hydrogen-bond acceptors (Lipinski definition) is 4. The second-order valence-corrected chi connectivity index (χ2v) is 5.27. The van der Waals surface area contributed by atoms with Crippen LogP contribution in [0.2, 0.25) is 0 Å². The summed E-state index contributed by atoms with van der Waals surface area (Å²) >= 11 is 1.69. The fraction of sp³-hybridized carbons (Fsp3) is 0.357. The van der Waals surface area contributed by atoms with Crippen LogP contribution in [0.5, 0.6) is 0 Å². The van der Waals surface area contributed by atoms with E-state index in [1.54, 1.807) is 11.3 Å². The molecule has 96 valence electrons. The van der Waals surface area contributed by atoms with Crippen molar-refractivity contribution in [3.05, 3.63) is 51.5 Å². The second-order valence-electron chi connectivity index (χ2n) is 4.38. The maximum absolute atomic E-state index is 9.10. The van der Waals surface area contributed by atoms with E-state index in [9.17, 15) is 0 Å². The van der Waals surface area contributed by atoms with E-state index in [-0.39, 0.29) is 6.61 Å². The van der Waals surface area contributed by atoms with E-state index in [4.69, 9.17) is 5.11 Å². The Morgan fingerprint density at radius 1 is 1.39 bits per heavy atom. The summed E-state index contributed by atoms with van der Waals surface area (Å²) in [5.74, 6) is 0. The van der Waals surface area contributed by atoms with Crippen molar-refractivity contribution >= 4 is 11.3 Å². The standard InChI is InChI=1S/C14H18N2OS/c1-10(14-11(2)16-9-18-14)15-7-12-4-3-5-13(6-12)8-17/h3-6,9-10,15,17H,7-8H2,1-2H3. The summed E-state index contributed by atoms with van der Waals surface area (Å²) < 4.78 is 0. The first-order chi connectivity index (χ1) is 8.70. The van der Waals surface area contributed by atoms with Gasteiger partial charge in [-0.25, -0.2) is 4.98 Å². The van der Waals surface area contributed by atoms with Gasteiger partial charge < -0.3 is 10.4 Å². The van der Waals surface area contributed by atoms with Gasteiger partial charge in [0.25, 0.3) is 0 Å². The van der Waals surface area contributed by atoms with Gasteiger partial charge in [-0.3, -0.25) is 0 Å². The number of hydrogen-bond donors (Lipinski definition) is 2. The lowest BCUT2D eigenvalue weighted by atomic mass is 10.1. The van der Waals surface area contributed by atoms with E-state index < -0.39 is 0 Å². The molecule has 1 aromatic heterocycles. The van der Waals surface area contributed by atoms with Crippen LogP contribution in [0, 0.1) is 6.92 Å². The molecule has 1 atom stereocenters. The molecular formula is C14H18N2OS. The highest BCUT2D eigenvalue weighted by Gasteiger charge is 2.10. The highest BCUT2D eigenvalue weighted by Crippen LogP contribution is 2.21. The summed E-state index contributed by atoms with van der Waals surface area (Å²) in [6.45, 7) is 5.08. The van der Waals surface area contributed by atoms with Crippen LogP contribution >= 0.6 is 11.3 Å². The van der Waals surface area contributed by atoms with Crippen molar-refractivity contribution in [3.8, 4) is 0 Å². The first-order valence-electron chi connectivity index (χ1n) is 6.02. The normalized spacial score (nSPS) is 12.6. The fourth-order valence-corrected chi connectivity index (χ4v) is 2.76. The molecule has 0 spiro atoms. The van der Waals surface area contributed by atoms with Gasteiger partial charge in [-0.05, 0) is 25.0 Å². The Morgan fingerprint density at radius 2 is 2.17 bits per heavy atom. The monoisotopic (exact) mass is 262 g/mol. The Kier molecular flexibility index (Phi) is 4.47. The number of benzene rings is 1. The molecule has 0 bridgehead atoms. The highest BCUT2D eigenvalue weighted by atomic mass is 32.1. The van der Waals surface area contributed by atoms with Crippen molar-refractivity contribution in [2.24, 2.45) is 0 Å². The van der Waals surface area contributed by atoms with Crippen LogP contribution in [0.4, 0.5) is 0 Å². The van der Waals surface area contributed by atoms with Crippen molar-refractivity contribution in [2.75, 3.05) is 0 Å². The van der Waals surface area contributed by atoms with Crippen LogP contribution < -0.4 is 5.32 Å². The van der Waals surface area contributed by atoms with Crippen molar-refractivity contribution < 1.29 is 5.11 Å². The van der Waals surface area contributed by atoms with Gasteiger partial charge in [-0.1, -0.05) is 24.3 Å². The summed E-state index contributed by atoms with van der Waals surface area (Å²) in [5.41, 5.74) is 5.13. The predicted molar refractivity (Wildman–Crippen MR) is 74.5 cm³/mol. The summed E-state index contributed by atoms with van der Waals surface area (Å²) in [5, 5.41) is 12.6. The first-order valence-corrected chi connectivity index (χ1v) is 6.90. The van der Waals surface area contributed by atoms with Gasteiger partial charge in [0, 0.05) is 17.5 Å². The molecule has 18 heavy (non-hydrogen) atoms. The smallest absolute Gasteiger partial charge is 0.0798 e. The van der Waals surface area contributed by atoms with Crippen LogP contribution in [-0.2, 0) is 13.2 Å². The molecule has 0 fully saturated rings. The molecule has 1 heterocycles. The Bertz CT molecular complexity index is 510. The van der Waals surface area contributed by atoms with Gasteiger partial charge in [0.05, 0.1) is 17.8 Å². The van der Waals surface area contributed by atoms with Crippen LogP contribution in [0.25, 0.3) is 0 Å². The molecule has 4 heteroatoms. The van der Waals surface area contributed by atoms with Gasteiger partial charge in [0.15, 0.2) is 0 Å². The lowest BCUT2D eigenvalue weighted by Gasteiger charge is -2.13. The van der Waals surface area contributed by atoms with Gasteiger partial charge in [0.1, 0.15) is 0 Å². The molecule has 0 saturated carbocycles. The first kappa shape index (κ1) is 13.2. The van der Waals surface area contributed by atoms with Crippen molar-refractivity contribution in [3.63, 3.8) is 0 Å². The van der Waals surface area contributed by atoms with E-state index in [1.165, 1.54) is 10.4 Å². The molecule has 0 aliphatic carbocycles. The van der Waals surface area contributed by atoms with Crippen LogP contribution in [0.3, 0.4) is 0 Å². The Labute approximate surface area is 112 Å². The fourth-order valence-electron chi connectivity index (χ4n) is 1.93. The van der Waals surface area contributed by atoms with Crippen molar-refractivity contribution in [2.45, 2.75) is 33.0 Å². The Balaban J connectivity index is 1.97. The molecule has 2 aromatic rings. The van der Waals surface area contributed by atoms with E-state index in [0.29, 0.717) is 6.04 Å². The quantitative estimate of drug-likeness (QED) is 0.871. The molecule has 1 aromatic carbocycles. The maximum Gasteiger partial charge on any atom is 0.0798 e. The molecule has 0 amide bonds. The number of aromatic nitrogens is 1. The van der Waals surface area contributed by atoms with Gasteiger partial charge >= 0.3 is 0 Å². The second kappa shape index (κ2) is 6.09. The van der Waals surface area contributed by atoms with Gasteiger partial charge in [-0.2, -0.15) is 0 Å². The number of nitrogens with zero attached hydrogens (tertiary/aromatic N) is 1. The molecule has 2 rings (SSSR count). The lowest BCUT2D eigenvalue weighted by molar-refractivity contribution is 0.281. The molecule has 3 nitrogen and oxygen atoms in total. The third-order valence-corrected chi connectivity index (χ3v) is 4.08. The number of nitrogens with one attached hydrogen (secondary N) is 1. The summed E-state index contributed by atoms with van der Waals surface area (Å²) in [6, 6.07) is 8.30. The summed E-state index contributed by atoms with van der Waals surface area (Å²) in [7, 11) is 0. The zero-order valence-electron chi connectivity index (χ0n) is 10.7. The largest absolute Gasteiger partial charge is 0.392 e. The maximum atomic E-state index is 9.10. The van der Waals surface area contributed by atoms with E-state index >= 15 is 0 Å². The minimum absolute atomic E-state index is 0.0946. The molecule has 0 aliphatic heterocycles. The molecule has 0 radical (unpaired) electrons. The lowest BCUT2D eigenvalue weighted by Crippen LogP contribution is -2.18. The zero-order chi connectivity index (χ0) is 13.0. The number of aryl methyl sites for hydroxylation is 1. The van der Waals surface area contributed by atoms with E-state index in [2.05, 4.69) is 23.3 Å². The molecular weight excluding hydrogens is 244 g/mol. The number of thiazole rings is 1. The third-order valence-electron chi connectivity index (χ3n) is 2.96. The van der Waals surface area contributed by atoms with Crippen LogP contribution in [0.15, 0.2) is 29.8 Å². The predicted octanol–water partition coefficient (Wildman–Crippen LogP) is 2.79. The Morgan fingerprint density at radius 3 is 2.83 bits per heavy atom. The summed E-state index contributed by atoms with van der Waals surface area (Å²) in [6.07, 6.45) is 0. The van der Waals surface area contributed by atoms with Crippen molar-refractivity contribution in [1.82, 2.24) is 10.3 Å². The topological polar surface area (TPSA) is 45.2 Å². The molecule has 0 aliphatic rings. The van der Waals surface area contributed by atoms with E-state index in [1.807, 2.05) is 30.6 Å². The Hall–Kier alpha value is -1.23. The average Bonchev–Trinajstić information content (AvgIpc) is 2.82. The average molecular weight is 262 g/mol. The number of aliphatic hydroxyl groups excluding tert-OH is 1. The number of aliphatic hydroxyl groups is 1. The third kappa shape index (κ3) is 3.16. The molecule has 1 unspecified atom stereocenters. The zero-order valence-corrected chi connectivity index (χ0v) is 11.5. The van der Waals surface area contributed by atoms with Crippen LogP contribution in [-0.4, -0.2) is 10.1 Å².